The summed E-state index contributed by atoms with van der Waals surface area (Å²) >= 11 is 0. The van der Waals surface area contributed by atoms with Crippen LogP contribution >= 0.6 is 0 Å². The zero-order valence-corrected chi connectivity index (χ0v) is 22.8. The summed E-state index contributed by atoms with van der Waals surface area (Å²) in [7, 11) is 0.413. The molecule has 0 spiro atoms. The van der Waals surface area contributed by atoms with Gasteiger partial charge in [0.1, 0.15) is 11.4 Å². The number of aryl methyl sites for hydroxylation is 1. The number of benzene rings is 2. The van der Waals surface area contributed by atoms with Crippen LogP contribution in [0.3, 0.4) is 0 Å². The molecule has 1 amide bonds. The first-order valence-corrected chi connectivity index (χ1v) is 13.4. The second-order valence-corrected chi connectivity index (χ2v) is 12.1. The van der Waals surface area contributed by atoms with Crippen LogP contribution in [0, 0.1) is 5.82 Å². The van der Waals surface area contributed by atoms with E-state index in [1.54, 1.807) is 76.4 Å². The molecule has 3 aromatic rings. The highest BCUT2D eigenvalue weighted by Crippen LogP contribution is 2.37. The first-order valence-electron chi connectivity index (χ1n) is 11.8. The third kappa shape index (κ3) is 5.47. The van der Waals surface area contributed by atoms with E-state index in [4.69, 9.17) is 9.84 Å². The number of aromatic nitrogens is 1. The number of pyridine rings is 1. The third-order valence-electron chi connectivity index (χ3n) is 5.97. The number of amides is 1. The molecule has 2 aromatic carbocycles. The second-order valence-electron chi connectivity index (χ2n) is 10.1. The van der Waals surface area contributed by atoms with Gasteiger partial charge < -0.3 is 9.30 Å². The number of halogens is 1. The lowest BCUT2D eigenvalue weighted by Gasteiger charge is -2.24. The maximum absolute atomic E-state index is 13.7. The normalized spacial score (nSPS) is 13.2. The van der Waals surface area contributed by atoms with E-state index < -0.39 is 33.3 Å². The SMILES string of the molecule is CN1N=C(c2ccc(F)cc2)c2ccc(CS(=O)(=O)N(C)C(=O)OC(C)(C)C)cc2-c2cn(C)c(=O)cc21. The van der Waals surface area contributed by atoms with E-state index in [9.17, 15) is 22.4 Å². The van der Waals surface area contributed by atoms with Gasteiger partial charge in [-0.25, -0.2) is 21.9 Å². The zero-order chi connectivity index (χ0) is 28.0. The summed E-state index contributed by atoms with van der Waals surface area (Å²) in [4.78, 5) is 24.9. The maximum Gasteiger partial charge on any atom is 0.423 e. The highest BCUT2D eigenvalue weighted by atomic mass is 32.2. The number of ether oxygens (including phenoxy) is 1. The number of carbonyl (C=O) groups is 1. The van der Waals surface area contributed by atoms with Crippen LogP contribution in [-0.4, -0.2) is 48.8 Å². The number of nitrogens with zero attached hydrogens (tertiary/aromatic N) is 4. The molecule has 0 fully saturated rings. The van der Waals surface area contributed by atoms with E-state index in [-0.39, 0.29) is 5.56 Å². The van der Waals surface area contributed by atoms with E-state index in [2.05, 4.69) is 0 Å². The molecule has 9 nitrogen and oxygen atoms in total. The number of rotatable bonds is 4. The zero-order valence-electron chi connectivity index (χ0n) is 22.0. The number of fused-ring (bicyclic) bond motifs is 3. The number of hydrogen-bond donors (Lipinski definition) is 0. The van der Waals surface area contributed by atoms with Crippen molar-refractivity contribution in [2.75, 3.05) is 19.1 Å². The van der Waals surface area contributed by atoms with E-state index in [0.717, 1.165) is 7.05 Å². The molecule has 0 unspecified atom stereocenters. The largest absolute Gasteiger partial charge is 0.443 e. The van der Waals surface area contributed by atoms with Gasteiger partial charge in [0.15, 0.2) is 0 Å². The molecular weight excluding hydrogens is 511 g/mol. The van der Waals surface area contributed by atoms with Crippen LogP contribution in [0.2, 0.25) is 0 Å². The summed E-state index contributed by atoms with van der Waals surface area (Å²) in [6.45, 7) is 4.96. The third-order valence-corrected chi connectivity index (χ3v) is 7.65. The standard InChI is InChI=1S/C27H29FN4O5S/c1-27(2,3)37-26(34)32(6)38(35,36)16-17-7-12-20-21(13-17)22-15-30(4)24(33)14-23(22)31(5)29-25(20)18-8-10-19(28)11-9-18/h7-15H,16H2,1-6H3. The topological polar surface area (TPSA) is 101 Å². The monoisotopic (exact) mass is 540 g/mol. The van der Waals surface area contributed by atoms with E-state index >= 15 is 0 Å². The molecule has 0 N–H and O–H groups in total. The van der Waals surface area contributed by atoms with E-state index in [1.807, 2.05) is 0 Å². The molecule has 4 rings (SSSR count). The van der Waals surface area contributed by atoms with Gasteiger partial charge in [0, 0.05) is 50.1 Å². The predicted molar refractivity (Wildman–Crippen MR) is 144 cm³/mol. The Morgan fingerprint density at radius 2 is 1.68 bits per heavy atom. The molecule has 11 heteroatoms. The highest BCUT2D eigenvalue weighted by Gasteiger charge is 2.30. The van der Waals surface area contributed by atoms with Crippen molar-refractivity contribution in [2.45, 2.75) is 32.1 Å². The number of hydrogen-bond acceptors (Lipinski definition) is 7. The Labute approximate surface area is 220 Å². The van der Waals surface area contributed by atoms with Crippen LogP contribution in [0.15, 0.2) is 64.6 Å². The Morgan fingerprint density at radius 3 is 2.32 bits per heavy atom. The van der Waals surface area contributed by atoms with Crippen molar-refractivity contribution in [3.8, 4) is 11.1 Å². The molecule has 200 valence electrons. The fourth-order valence-corrected chi connectivity index (χ4v) is 5.09. The van der Waals surface area contributed by atoms with Gasteiger partial charge in [-0.3, -0.25) is 9.80 Å². The predicted octanol–water partition coefficient (Wildman–Crippen LogP) is 4.09. The van der Waals surface area contributed by atoms with Crippen LogP contribution in [0.5, 0.6) is 0 Å². The van der Waals surface area contributed by atoms with Crippen molar-refractivity contribution in [3.63, 3.8) is 0 Å². The van der Waals surface area contributed by atoms with Gasteiger partial charge in [-0.1, -0.05) is 12.1 Å². The Hall–Kier alpha value is -3.99. The molecule has 2 heterocycles. The van der Waals surface area contributed by atoms with Crippen molar-refractivity contribution >= 4 is 27.5 Å². The minimum Gasteiger partial charge on any atom is -0.443 e. The summed E-state index contributed by atoms with van der Waals surface area (Å²) in [5.74, 6) is -0.854. The number of anilines is 1. The minimum atomic E-state index is -4.07. The van der Waals surface area contributed by atoms with Gasteiger partial charge in [-0.2, -0.15) is 5.10 Å². The smallest absolute Gasteiger partial charge is 0.423 e. The van der Waals surface area contributed by atoms with Crippen molar-refractivity contribution in [1.29, 1.82) is 0 Å². The molecule has 1 aliphatic heterocycles. The number of sulfonamides is 1. The molecule has 0 bridgehead atoms. The van der Waals surface area contributed by atoms with E-state index in [0.29, 0.717) is 43.5 Å². The summed E-state index contributed by atoms with van der Waals surface area (Å²) in [5, 5.41) is 6.28. The lowest BCUT2D eigenvalue weighted by molar-refractivity contribution is 0.0420. The molecule has 0 saturated carbocycles. The van der Waals surface area contributed by atoms with Crippen molar-refractivity contribution in [2.24, 2.45) is 12.1 Å². The lowest BCUT2D eigenvalue weighted by Crippen LogP contribution is -2.38. The van der Waals surface area contributed by atoms with Crippen molar-refractivity contribution < 1.29 is 22.3 Å². The Bertz CT molecular complexity index is 1610. The quantitative estimate of drug-likeness (QED) is 0.494. The van der Waals surface area contributed by atoms with Crippen molar-refractivity contribution in [3.05, 3.63) is 87.6 Å². The summed E-state index contributed by atoms with van der Waals surface area (Å²) < 4.78 is 47.1. The van der Waals surface area contributed by atoms with Gasteiger partial charge in [0.25, 0.3) is 5.56 Å². The lowest BCUT2D eigenvalue weighted by atomic mass is 9.92. The molecule has 0 radical (unpaired) electrons. The fourth-order valence-electron chi connectivity index (χ4n) is 4.03. The van der Waals surface area contributed by atoms with Gasteiger partial charge in [-0.05, 0) is 62.2 Å². The first kappa shape index (κ1) is 27.1. The fraction of sp³-hybridized carbons (Fsp3) is 0.296. The number of hydrazone groups is 1. The van der Waals surface area contributed by atoms with Crippen LogP contribution in [-0.2, 0) is 27.6 Å². The average Bonchev–Trinajstić information content (AvgIpc) is 2.93. The molecule has 0 aliphatic carbocycles. The molecule has 1 aliphatic rings. The number of carbonyl (C=O) groups excluding carboxylic acids is 1. The van der Waals surface area contributed by atoms with Gasteiger partial charge in [0.05, 0.1) is 17.2 Å². The van der Waals surface area contributed by atoms with Crippen LogP contribution in [0.1, 0.15) is 37.5 Å². The summed E-state index contributed by atoms with van der Waals surface area (Å²) in [6.07, 6.45) is 0.696. The maximum atomic E-state index is 13.7. The first-order chi connectivity index (χ1) is 17.7. The molecule has 0 saturated heterocycles. The summed E-state index contributed by atoms with van der Waals surface area (Å²) in [6, 6.07) is 12.4. The second kappa shape index (κ2) is 9.71. The van der Waals surface area contributed by atoms with Gasteiger partial charge in [0.2, 0.25) is 10.0 Å². The summed E-state index contributed by atoms with van der Waals surface area (Å²) in [5.41, 5.74) is 2.98. The minimum absolute atomic E-state index is 0.240. The van der Waals surface area contributed by atoms with Crippen molar-refractivity contribution in [1.82, 2.24) is 8.87 Å². The van der Waals surface area contributed by atoms with Crippen LogP contribution < -0.4 is 10.6 Å². The molecule has 1 aromatic heterocycles. The Kier molecular flexibility index (Phi) is 6.92. The van der Waals surface area contributed by atoms with Crippen LogP contribution in [0.4, 0.5) is 14.9 Å². The molecular formula is C27H29FN4O5S. The molecule has 0 atom stereocenters. The van der Waals surface area contributed by atoms with E-state index in [1.165, 1.54) is 22.8 Å². The van der Waals surface area contributed by atoms with Gasteiger partial charge >= 0.3 is 6.09 Å². The van der Waals surface area contributed by atoms with Gasteiger partial charge in [-0.15, -0.1) is 0 Å². The Morgan fingerprint density at radius 1 is 1.03 bits per heavy atom. The average molecular weight is 541 g/mol. The van der Waals surface area contributed by atoms with Crippen LogP contribution in [0.25, 0.3) is 11.1 Å². The Balaban J connectivity index is 1.84. The molecule has 38 heavy (non-hydrogen) atoms. The highest BCUT2D eigenvalue weighted by molar-refractivity contribution is 7.88.